The summed E-state index contributed by atoms with van der Waals surface area (Å²) < 4.78 is 5.28. The predicted molar refractivity (Wildman–Crippen MR) is 110 cm³/mol. The van der Waals surface area contributed by atoms with Crippen LogP contribution in [-0.4, -0.2) is 17.1 Å². The predicted octanol–water partition coefficient (Wildman–Crippen LogP) is 5.79. The van der Waals surface area contributed by atoms with Crippen molar-refractivity contribution in [2.75, 3.05) is 7.11 Å². The van der Waals surface area contributed by atoms with Crippen molar-refractivity contribution in [3.05, 3.63) is 90.6 Å². The minimum absolute atomic E-state index is 0.844. The van der Waals surface area contributed by atoms with Crippen LogP contribution in [0.2, 0.25) is 0 Å². The van der Waals surface area contributed by atoms with Crippen LogP contribution in [0.5, 0.6) is 5.75 Å². The normalized spacial score (nSPS) is 10.6. The zero-order valence-corrected chi connectivity index (χ0v) is 15.4. The Hall–Kier alpha value is -3.46. The molecular weight excluding hydrogens is 332 g/mol. The van der Waals surface area contributed by atoms with Crippen molar-refractivity contribution < 1.29 is 4.74 Å². The Balaban J connectivity index is 1.87. The van der Waals surface area contributed by atoms with Crippen LogP contribution >= 0.6 is 0 Å². The fraction of sp³-hybridized carbons (Fsp3) is 0.0833. The van der Waals surface area contributed by atoms with E-state index in [2.05, 4.69) is 60.4 Å². The van der Waals surface area contributed by atoms with E-state index < -0.39 is 0 Å². The molecule has 27 heavy (non-hydrogen) atoms. The van der Waals surface area contributed by atoms with Crippen LogP contribution < -0.4 is 4.74 Å². The van der Waals surface area contributed by atoms with Crippen LogP contribution in [0.1, 0.15) is 5.56 Å². The number of aromatic nitrogens is 2. The number of nitrogens with zero attached hydrogens (tertiary/aromatic N) is 2. The molecule has 4 aromatic rings. The van der Waals surface area contributed by atoms with E-state index in [0.717, 1.165) is 39.5 Å². The Labute approximate surface area is 159 Å². The Morgan fingerprint density at radius 3 is 2.04 bits per heavy atom. The molecule has 3 nitrogen and oxygen atoms in total. The second-order valence-electron chi connectivity index (χ2n) is 6.44. The molecule has 2 aromatic carbocycles. The third kappa shape index (κ3) is 3.72. The minimum atomic E-state index is 0.844. The maximum Gasteiger partial charge on any atom is 0.118 e. The fourth-order valence-electron chi connectivity index (χ4n) is 3.00. The smallest absolute Gasteiger partial charge is 0.118 e. The van der Waals surface area contributed by atoms with Gasteiger partial charge in [-0.25, -0.2) is 4.98 Å². The van der Waals surface area contributed by atoms with Crippen molar-refractivity contribution >= 4 is 0 Å². The lowest BCUT2D eigenvalue weighted by Gasteiger charge is -2.10. The zero-order chi connectivity index (χ0) is 18.6. The second kappa shape index (κ2) is 7.42. The van der Waals surface area contributed by atoms with Gasteiger partial charge in [0.25, 0.3) is 0 Å². The number of methoxy groups -OCH3 is 1. The lowest BCUT2D eigenvalue weighted by atomic mass is 10.0. The van der Waals surface area contributed by atoms with Gasteiger partial charge in [-0.1, -0.05) is 48.0 Å². The summed E-state index contributed by atoms with van der Waals surface area (Å²) in [4.78, 5) is 9.35. The summed E-state index contributed by atoms with van der Waals surface area (Å²) in [7, 11) is 1.68. The molecular formula is C24H20N2O. The Morgan fingerprint density at radius 2 is 1.37 bits per heavy atom. The van der Waals surface area contributed by atoms with Crippen molar-refractivity contribution in [3.8, 4) is 39.5 Å². The molecule has 0 unspecified atom stereocenters. The first kappa shape index (κ1) is 17.0. The monoisotopic (exact) mass is 352 g/mol. The Morgan fingerprint density at radius 1 is 0.667 bits per heavy atom. The molecule has 0 fully saturated rings. The first-order valence-electron chi connectivity index (χ1n) is 8.88. The number of pyridine rings is 2. The van der Waals surface area contributed by atoms with Crippen LogP contribution in [0.3, 0.4) is 0 Å². The molecule has 132 valence electrons. The molecule has 0 N–H and O–H groups in total. The summed E-state index contributed by atoms with van der Waals surface area (Å²) in [5, 5.41) is 0. The molecule has 2 aromatic heterocycles. The van der Waals surface area contributed by atoms with Gasteiger partial charge >= 0.3 is 0 Å². The van der Waals surface area contributed by atoms with Crippen molar-refractivity contribution in [1.82, 2.24) is 9.97 Å². The molecule has 3 heteroatoms. The number of aryl methyl sites for hydroxylation is 1. The summed E-state index contributed by atoms with van der Waals surface area (Å²) in [6.45, 7) is 2.09. The lowest BCUT2D eigenvalue weighted by molar-refractivity contribution is 0.415. The van der Waals surface area contributed by atoms with E-state index in [0.29, 0.717) is 0 Å². The van der Waals surface area contributed by atoms with Gasteiger partial charge in [0, 0.05) is 11.8 Å². The molecule has 4 rings (SSSR count). The largest absolute Gasteiger partial charge is 0.497 e. The molecule has 0 radical (unpaired) electrons. The second-order valence-corrected chi connectivity index (χ2v) is 6.44. The van der Waals surface area contributed by atoms with E-state index in [1.54, 1.807) is 13.3 Å². The van der Waals surface area contributed by atoms with Gasteiger partial charge in [0.2, 0.25) is 0 Å². The average Bonchev–Trinajstić information content (AvgIpc) is 2.74. The van der Waals surface area contributed by atoms with Crippen LogP contribution in [-0.2, 0) is 0 Å². The van der Waals surface area contributed by atoms with Crippen LogP contribution in [0.15, 0.2) is 85.1 Å². The number of hydrogen-bond acceptors (Lipinski definition) is 3. The van der Waals surface area contributed by atoms with E-state index >= 15 is 0 Å². The summed E-state index contributed by atoms with van der Waals surface area (Å²) in [6, 6.07) is 26.6. The van der Waals surface area contributed by atoms with Gasteiger partial charge in [0.1, 0.15) is 5.75 Å². The van der Waals surface area contributed by atoms with Gasteiger partial charge < -0.3 is 4.74 Å². The molecule has 0 amide bonds. The number of rotatable bonds is 4. The molecule has 0 saturated carbocycles. The first-order valence-corrected chi connectivity index (χ1v) is 8.88. The summed E-state index contributed by atoms with van der Waals surface area (Å²) >= 11 is 0. The fourth-order valence-corrected chi connectivity index (χ4v) is 3.00. The third-order valence-corrected chi connectivity index (χ3v) is 4.52. The van der Waals surface area contributed by atoms with Gasteiger partial charge in [-0.15, -0.1) is 0 Å². The molecule has 0 aliphatic heterocycles. The van der Waals surface area contributed by atoms with E-state index in [-0.39, 0.29) is 0 Å². The van der Waals surface area contributed by atoms with Gasteiger partial charge in [-0.3, -0.25) is 4.98 Å². The summed E-state index contributed by atoms with van der Waals surface area (Å²) in [5.74, 6) is 0.844. The standard InChI is InChI=1S/C24H20N2O/c1-17-6-8-19(9-7-17)23-15-20(18-10-12-21(27-2)13-11-18)16-24(26-23)22-5-3-4-14-25-22/h3-16H,1-2H3. The average molecular weight is 352 g/mol. The van der Waals surface area contributed by atoms with E-state index in [1.165, 1.54) is 5.56 Å². The maximum atomic E-state index is 5.28. The number of hydrogen-bond donors (Lipinski definition) is 0. The maximum absolute atomic E-state index is 5.28. The van der Waals surface area contributed by atoms with Crippen LogP contribution in [0.4, 0.5) is 0 Å². The molecule has 0 spiro atoms. The third-order valence-electron chi connectivity index (χ3n) is 4.52. The summed E-state index contributed by atoms with van der Waals surface area (Å²) in [6.07, 6.45) is 1.79. The van der Waals surface area contributed by atoms with Gasteiger partial charge in [0.05, 0.1) is 24.2 Å². The summed E-state index contributed by atoms with van der Waals surface area (Å²) in [5.41, 5.74) is 7.19. The SMILES string of the molecule is COc1ccc(-c2cc(-c3ccc(C)cc3)nc(-c3ccccn3)c2)cc1. The topological polar surface area (TPSA) is 35.0 Å². The van der Waals surface area contributed by atoms with Crippen LogP contribution in [0.25, 0.3) is 33.8 Å². The quantitative estimate of drug-likeness (QED) is 0.466. The molecule has 2 heterocycles. The number of ether oxygens (including phenoxy) is 1. The first-order chi connectivity index (χ1) is 13.2. The molecule has 0 aliphatic rings. The zero-order valence-electron chi connectivity index (χ0n) is 15.4. The molecule has 0 atom stereocenters. The highest BCUT2D eigenvalue weighted by Crippen LogP contribution is 2.30. The van der Waals surface area contributed by atoms with Crippen molar-refractivity contribution in [1.29, 1.82) is 0 Å². The van der Waals surface area contributed by atoms with Crippen LogP contribution in [0, 0.1) is 6.92 Å². The van der Waals surface area contributed by atoms with Crippen molar-refractivity contribution in [3.63, 3.8) is 0 Å². The van der Waals surface area contributed by atoms with E-state index in [1.807, 2.05) is 30.3 Å². The van der Waals surface area contributed by atoms with Crippen molar-refractivity contribution in [2.45, 2.75) is 6.92 Å². The highest BCUT2D eigenvalue weighted by atomic mass is 16.5. The number of benzene rings is 2. The lowest BCUT2D eigenvalue weighted by Crippen LogP contribution is -1.93. The Bertz CT molecular complexity index is 1040. The van der Waals surface area contributed by atoms with Gasteiger partial charge in [-0.2, -0.15) is 0 Å². The molecule has 0 bridgehead atoms. The highest BCUT2D eigenvalue weighted by Gasteiger charge is 2.09. The minimum Gasteiger partial charge on any atom is -0.497 e. The Kier molecular flexibility index (Phi) is 4.67. The van der Waals surface area contributed by atoms with Crippen molar-refractivity contribution in [2.24, 2.45) is 0 Å². The van der Waals surface area contributed by atoms with E-state index in [9.17, 15) is 0 Å². The molecule has 0 aliphatic carbocycles. The molecule has 0 saturated heterocycles. The highest BCUT2D eigenvalue weighted by molar-refractivity contribution is 5.75. The van der Waals surface area contributed by atoms with Gasteiger partial charge in [0.15, 0.2) is 0 Å². The van der Waals surface area contributed by atoms with E-state index in [4.69, 9.17) is 9.72 Å². The van der Waals surface area contributed by atoms with Gasteiger partial charge in [-0.05, 0) is 54.4 Å².